The van der Waals surface area contributed by atoms with Gasteiger partial charge in [-0.05, 0) is 89.5 Å². The molecule has 46 heavy (non-hydrogen) atoms. The van der Waals surface area contributed by atoms with E-state index in [-0.39, 0.29) is 5.41 Å². The molecule has 0 atom stereocenters. The molecule has 0 bridgehead atoms. The number of nitrogens with two attached hydrogens (primary N) is 1. The number of nitrogens with zero attached hydrogens (tertiary/aromatic N) is 2. The Balaban J connectivity index is 1.03. The molecular weight excluding hydrogens is 581 g/mol. The van der Waals surface area contributed by atoms with E-state index >= 15 is 0 Å². The van der Waals surface area contributed by atoms with Gasteiger partial charge >= 0.3 is 0 Å². The number of hydrogen-bond acceptors (Lipinski definition) is 5. The van der Waals surface area contributed by atoms with Crippen molar-refractivity contribution in [3.05, 3.63) is 168 Å². The molecule has 6 aromatic carbocycles. The summed E-state index contributed by atoms with van der Waals surface area (Å²) in [4.78, 5) is 7.19. The summed E-state index contributed by atoms with van der Waals surface area (Å²) in [6.45, 7) is 4.62. The fraction of sp³-hybridized carbons (Fsp3) is 0.0732. The Morgan fingerprint density at radius 2 is 1.00 bits per heavy atom. The first-order valence-corrected chi connectivity index (χ1v) is 16.4. The standard InChI is InChI=1S/C41H34N4S/c1-41(2)32-11-3-5-13-35(32)44(36-14-6-4-12-33(36)41)30-23-19-28(20-24-30)34(42)27-43-29-21-25-31(26-22-29)45-37-15-7-9-17-39(37)46-40-18-10-8-16-38(40)45/h3-27,43H,42H2,1-2H3/b34-27-. The van der Waals surface area contributed by atoms with Crippen molar-refractivity contribution in [1.29, 1.82) is 0 Å². The van der Waals surface area contributed by atoms with Gasteiger partial charge in [0.25, 0.3) is 0 Å². The van der Waals surface area contributed by atoms with Crippen LogP contribution in [0.25, 0.3) is 5.70 Å². The van der Waals surface area contributed by atoms with Crippen molar-refractivity contribution >= 4 is 57.3 Å². The molecule has 0 fully saturated rings. The van der Waals surface area contributed by atoms with Gasteiger partial charge in [-0.25, -0.2) is 0 Å². The molecular formula is C41H34N4S. The number of nitrogens with one attached hydrogen (secondary N) is 1. The van der Waals surface area contributed by atoms with Crippen LogP contribution in [0, 0.1) is 0 Å². The number of anilines is 7. The summed E-state index contributed by atoms with van der Waals surface area (Å²) in [7, 11) is 0. The van der Waals surface area contributed by atoms with E-state index in [2.05, 4.69) is 175 Å². The van der Waals surface area contributed by atoms with Crippen molar-refractivity contribution < 1.29 is 0 Å². The maximum atomic E-state index is 6.59. The van der Waals surface area contributed by atoms with Gasteiger partial charge in [0.05, 0.1) is 28.4 Å². The maximum absolute atomic E-state index is 6.59. The van der Waals surface area contributed by atoms with E-state index in [1.165, 1.54) is 43.7 Å². The first-order chi connectivity index (χ1) is 22.5. The van der Waals surface area contributed by atoms with Crippen molar-refractivity contribution in [2.45, 2.75) is 29.1 Å². The molecule has 3 N–H and O–H groups in total. The molecule has 0 saturated carbocycles. The number of benzene rings is 6. The third-order valence-electron chi connectivity index (χ3n) is 9.05. The SMILES string of the molecule is CC1(C)c2ccccc2N(c2ccc(/C(N)=C/Nc3ccc(N4c5ccccc5Sc5ccccc54)cc3)cc2)c2ccccc21. The molecule has 0 saturated heterocycles. The van der Waals surface area contributed by atoms with Crippen LogP contribution in [0.5, 0.6) is 0 Å². The highest BCUT2D eigenvalue weighted by Gasteiger charge is 2.36. The van der Waals surface area contributed by atoms with Gasteiger partial charge in [-0.1, -0.05) is 98.4 Å². The topological polar surface area (TPSA) is 44.5 Å². The van der Waals surface area contributed by atoms with Gasteiger partial charge in [0.2, 0.25) is 0 Å². The lowest BCUT2D eigenvalue weighted by atomic mass is 9.73. The van der Waals surface area contributed by atoms with Crippen LogP contribution in [0.2, 0.25) is 0 Å². The highest BCUT2D eigenvalue weighted by Crippen LogP contribution is 2.52. The van der Waals surface area contributed by atoms with Crippen LogP contribution < -0.4 is 20.9 Å². The van der Waals surface area contributed by atoms with Gasteiger partial charge in [-0.2, -0.15) is 0 Å². The Morgan fingerprint density at radius 3 is 1.54 bits per heavy atom. The lowest BCUT2D eigenvalue weighted by molar-refractivity contribution is 0.632. The van der Waals surface area contributed by atoms with E-state index in [0.717, 1.165) is 22.6 Å². The zero-order valence-corrected chi connectivity index (χ0v) is 26.6. The van der Waals surface area contributed by atoms with Crippen LogP contribution in [0.3, 0.4) is 0 Å². The second-order valence-electron chi connectivity index (χ2n) is 12.2. The van der Waals surface area contributed by atoms with Crippen LogP contribution in [0.1, 0.15) is 30.5 Å². The minimum atomic E-state index is -0.0809. The molecule has 4 nitrogen and oxygen atoms in total. The van der Waals surface area contributed by atoms with Crippen molar-refractivity contribution in [3.8, 4) is 0 Å². The highest BCUT2D eigenvalue weighted by molar-refractivity contribution is 7.99. The number of fused-ring (bicyclic) bond motifs is 4. The fourth-order valence-corrected chi connectivity index (χ4v) is 7.74. The highest BCUT2D eigenvalue weighted by atomic mass is 32.2. The van der Waals surface area contributed by atoms with Crippen molar-refractivity contribution in [1.82, 2.24) is 0 Å². The zero-order chi connectivity index (χ0) is 31.3. The molecule has 2 aliphatic heterocycles. The quantitative estimate of drug-likeness (QED) is 0.202. The fourth-order valence-electron chi connectivity index (χ4n) is 6.68. The summed E-state index contributed by atoms with van der Waals surface area (Å²) in [6.07, 6.45) is 1.88. The van der Waals surface area contributed by atoms with E-state index in [0.29, 0.717) is 5.70 Å². The van der Waals surface area contributed by atoms with Crippen LogP contribution in [-0.2, 0) is 5.41 Å². The Morgan fingerprint density at radius 1 is 0.565 bits per heavy atom. The molecule has 8 rings (SSSR count). The van der Waals surface area contributed by atoms with Gasteiger partial charge < -0.3 is 20.9 Å². The lowest BCUT2D eigenvalue weighted by Gasteiger charge is -2.42. The molecule has 0 radical (unpaired) electrons. The van der Waals surface area contributed by atoms with Crippen molar-refractivity contribution in [2.24, 2.45) is 5.73 Å². The molecule has 224 valence electrons. The lowest BCUT2D eigenvalue weighted by Crippen LogP contribution is -2.30. The molecule has 0 aliphatic carbocycles. The zero-order valence-electron chi connectivity index (χ0n) is 25.8. The molecule has 0 unspecified atom stereocenters. The van der Waals surface area contributed by atoms with Crippen LogP contribution in [0.15, 0.2) is 162 Å². The van der Waals surface area contributed by atoms with Crippen LogP contribution >= 0.6 is 11.8 Å². The predicted octanol–water partition coefficient (Wildman–Crippen LogP) is 11.1. The smallest absolute Gasteiger partial charge is 0.0601 e. The van der Waals surface area contributed by atoms with E-state index in [1.54, 1.807) is 0 Å². The first kappa shape index (κ1) is 28.1. The summed E-state index contributed by atoms with van der Waals surface area (Å²) >= 11 is 1.82. The Labute approximate surface area is 274 Å². The van der Waals surface area contributed by atoms with E-state index in [9.17, 15) is 0 Å². The molecule has 2 aliphatic rings. The average Bonchev–Trinajstić information content (AvgIpc) is 3.10. The molecule has 0 amide bonds. The monoisotopic (exact) mass is 614 g/mol. The summed E-state index contributed by atoms with van der Waals surface area (Å²) in [5, 5.41) is 3.40. The summed E-state index contributed by atoms with van der Waals surface area (Å²) in [5.74, 6) is 0. The molecule has 0 spiro atoms. The third-order valence-corrected chi connectivity index (χ3v) is 10.2. The normalized spacial score (nSPS) is 14.5. The Bertz CT molecular complexity index is 2000. The van der Waals surface area contributed by atoms with Gasteiger partial charge in [-0.3, -0.25) is 0 Å². The van der Waals surface area contributed by atoms with Gasteiger partial charge in [0.15, 0.2) is 0 Å². The number of rotatable bonds is 5. The Kier molecular flexibility index (Phi) is 6.84. The van der Waals surface area contributed by atoms with Gasteiger partial charge in [0.1, 0.15) is 0 Å². The molecule has 2 heterocycles. The van der Waals surface area contributed by atoms with E-state index in [1.807, 2.05) is 18.0 Å². The van der Waals surface area contributed by atoms with Gasteiger partial charge in [-0.15, -0.1) is 0 Å². The second kappa shape index (κ2) is 11.2. The largest absolute Gasteiger partial charge is 0.397 e. The second-order valence-corrected chi connectivity index (χ2v) is 13.3. The van der Waals surface area contributed by atoms with E-state index in [4.69, 9.17) is 5.73 Å². The van der Waals surface area contributed by atoms with Crippen molar-refractivity contribution in [3.63, 3.8) is 0 Å². The number of para-hydroxylation sites is 4. The summed E-state index contributed by atoms with van der Waals surface area (Å²) in [6, 6.07) is 51.6. The Hall–Kier alpha value is -5.39. The molecule has 6 aromatic rings. The van der Waals surface area contributed by atoms with E-state index < -0.39 is 0 Å². The predicted molar refractivity (Wildman–Crippen MR) is 194 cm³/mol. The summed E-state index contributed by atoms with van der Waals surface area (Å²) in [5.41, 5.74) is 18.8. The molecule has 0 aromatic heterocycles. The maximum Gasteiger partial charge on any atom is 0.0601 e. The van der Waals surface area contributed by atoms with Crippen molar-refractivity contribution in [2.75, 3.05) is 15.1 Å². The third kappa shape index (κ3) is 4.72. The minimum Gasteiger partial charge on any atom is -0.397 e. The average molecular weight is 615 g/mol. The van der Waals surface area contributed by atoms with Crippen LogP contribution in [0.4, 0.5) is 39.8 Å². The number of hydrogen-bond donors (Lipinski definition) is 2. The van der Waals surface area contributed by atoms with Crippen LogP contribution in [-0.4, -0.2) is 0 Å². The first-order valence-electron chi connectivity index (χ1n) is 15.6. The summed E-state index contributed by atoms with van der Waals surface area (Å²) < 4.78 is 0. The minimum absolute atomic E-state index is 0.0809. The van der Waals surface area contributed by atoms with Gasteiger partial charge in [0, 0.05) is 38.5 Å². The molecule has 5 heteroatoms.